The van der Waals surface area contributed by atoms with E-state index in [1.165, 1.54) is 6.92 Å². The largest absolute Gasteiger partial charge is 0.354 e. The van der Waals surface area contributed by atoms with E-state index in [-0.39, 0.29) is 17.4 Å². The van der Waals surface area contributed by atoms with E-state index >= 15 is 0 Å². The fraction of sp³-hybridized carbons (Fsp3) is 0.364. The van der Waals surface area contributed by atoms with Gasteiger partial charge < -0.3 is 5.32 Å². The molecule has 0 heterocycles. The summed E-state index contributed by atoms with van der Waals surface area (Å²) in [6, 6.07) is 16.8. The number of carbonyl (C=O) groups is 1. The molecule has 3 heteroatoms. The van der Waals surface area contributed by atoms with Crippen LogP contribution in [-0.2, 0) is 16.6 Å². The van der Waals surface area contributed by atoms with Gasteiger partial charge in [-0.2, -0.15) is 5.26 Å². The van der Waals surface area contributed by atoms with Crippen LogP contribution in [0.15, 0.2) is 42.5 Å². The summed E-state index contributed by atoms with van der Waals surface area (Å²) in [6.07, 6.45) is 0.786. The zero-order valence-corrected chi connectivity index (χ0v) is 15.7. The molecule has 0 aliphatic heterocycles. The number of nitriles is 1. The minimum absolute atomic E-state index is 0.0123. The van der Waals surface area contributed by atoms with Gasteiger partial charge in [-0.05, 0) is 47.1 Å². The van der Waals surface area contributed by atoms with Crippen molar-refractivity contribution in [1.29, 1.82) is 5.26 Å². The second kappa shape index (κ2) is 7.53. The van der Waals surface area contributed by atoms with Crippen LogP contribution in [0.3, 0.4) is 0 Å². The lowest BCUT2D eigenvalue weighted by atomic mass is 9.84. The molecule has 0 aliphatic carbocycles. The van der Waals surface area contributed by atoms with Crippen molar-refractivity contribution < 1.29 is 4.79 Å². The van der Waals surface area contributed by atoms with Gasteiger partial charge in [0.05, 0.1) is 11.6 Å². The predicted octanol–water partition coefficient (Wildman–Crippen LogP) is 4.59. The first kappa shape index (κ1) is 18.7. The van der Waals surface area contributed by atoms with E-state index in [0.29, 0.717) is 5.56 Å². The van der Waals surface area contributed by atoms with E-state index in [2.05, 4.69) is 50.4 Å². The topological polar surface area (TPSA) is 52.9 Å². The molecular formula is C22H26N2O. The van der Waals surface area contributed by atoms with Crippen LogP contribution < -0.4 is 5.32 Å². The minimum Gasteiger partial charge on any atom is -0.354 e. The summed E-state index contributed by atoms with van der Waals surface area (Å²) >= 11 is 0. The Morgan fingerprint density at radius 2 is 1.80 bits per heavy atom. The minimum atomic E-state index is -0.0123. The molecule has 1 atom stereocenters. The molecule has 25 heavy (non-hydrogen) atoms. The SMILES string of the molecule is CC(=O)NC(C)Cc1ccc(-c2ccc(C(C)(C)C)cc2C#N)cc1. The van der Waals surface area contributed by atoms with Crippen LogP contribution >= 0.6 is 0 Å². The maximum absolute atomic E-state index is 11.1. The van der Waals surface area contributed by atoms with Crippen LogP contribution in [0, 0.1) is 11.3 Å². The van der Waals surface area contributed by atoms with Crippen molar-refractivity contribution in [2.45, 2.75) is 52.5 Å². The first-order chi connectivity index (χ1) is 11.7. The Morgan fingerprint density at radius 1 is 1.16 bits per heavy atom. The van der Waals surface area contributed by atoms with Gasteiger partial charge in [-0.1, -0.05) is 57.2 Å². The number of carbonyl (C=O) groups excluding carboxylic acids is 1. The third-order valence-corrected chi connectivity index (χ3v) is 4.26. The molecule has 2 aromatic rings. The molecule has 1 amide bonds. The van der Waals surface area contributed by atoms with Gasteiger partial charge in [0.1, 0.15) is 0 Å². The molecule has 0 fully saturated rings. The highest BCUT2D eigenvalue weighted by Gasteiger charge is 2.16. The number of hydrogen-bond acceptors (Lipinski definition) is 2. The molecule has 0 radical (unpaired) electrons. The second-order valence-corrected chi connectivity index (χ2v) is 7.62. The van der Waals surface area contributed by atoms with E-state index in [4.69, 9.17) is 0 Å². The zero-order valence-electron chi connectivity index (χ0n) is 15.7. The van der Waals surface area contributed by atoms with E-state index in [9.17, 15) is 10.1 Å². The van der Waals surface area contributed by atoms with E-state index in [0.717, 1.165) is 28.7 Å². The van der Waals surface area contributed by atoms with Crippen LogP contribution in [0.5, 0.6) is 0 Å². The molecule has 1 unspecified atom stereocenters. The Balaban J connectivity index is 2.25. The molecule has 0 saturated carbocycles. The number of rotatable bonds is 4. The van der Waals surface area contributed by atoms with Gasteiger partial charge >= 0.3 is 0 Å². The summed E-state index contributed by atoms with van der Waals surface area (Å²) in [7, 11) is 0. The summed E-state index contributed by atoms with van der Waals surface area (Å²) in [5.74, 6) is -0.0123. The highest BCUT2D eigenvalue weighted by atomic mass is 16.1. The van der Waals surface area contributed by atoms with Gasteiger partial charge in [-0.15, -0.1) is 0 Å². The van der Waals surface area contributed by atoms with Gasteiger partial charge in [-0.3, -0.25) is 4.79 Å². The van der Waals surface area contributed by atoms with E-state index in [1.807, 2.05) is 31.2 Å². The summed E-state index contributed by atoms with van der Waals surface area (Å²) in [5, 5.41) is 12.4. The van der Waals surface area contributed by atoms with Crippen molar-refractivity contribution in [2.24, 2.45) is 0 Å². The van der Waals surface area contributed by atoms with Crippen molar-refractivity contribution in [3.8, 4) is 17.2 Å². The van der Waals surface area contributed by atoms with Crippen LogP contribution in [0.4, 0.5) is 0 Å². The van der Waals surface area contributed by atoms with Crippen LogP contribution in [0.2, 0.25) is 0 Å². The molecule has 0 aliphatic rings. The second-order valence-electron chi connectivity index (χ2n) is 7.62. The summed E-state index contributed by atoms with van der Waals surface area (Å²) in [4.78, 5) is 11.1. The molecule has 0 aromatic heterocycles. The Hall–Kier alpha value is -2.60. The molecule has 0 spiro atoms. The van der Waals surface area contributed by atoms with Crippen molar-refractivity contribution in [3.05, 3.63) is 59.2 Å². The quantitative estimate of drug-likeness (QED) is 0.889. The van der Waals surface area contributed by atoms with Crippen molar-refractivity contribution in [2.75, 3.05) is 0 Å². The van der Waals surface area contributed by atoms with Crippen molar-refractivity contribution in [3.63, 3.8) is 0 Å². The third-order valence-electron chi connectivity index (χ3n) is 4.26. The molecule has 0 saturated heterocycles. The van der Waals surface area contributed by atoms with E-state index < -0.39 is 0 Å². The Bertz CT molecular complexity index is 792. The van der Waals surface area contributed by atoms with Crippen LogP contribution in [-0.4, -0.2) is 11.9 Å². The number of amides is 1. The Morgan fingerprint density at radius 3 is 2.32 bits per heavy atom. The predicted molar refractivity (Wildman–Crippen MR) is 102 cm³/mol. The average Bonchev–Trinajstić information content (AvgIpc) is 2.53. The maximum atomic E-state index is 11.1. The molecule has 2 rings (SSSR count). The molecular weight excluding hydrogens is 308 g/mol. The number of nitrogens with one attached hydrogen (secondary N) is 1. The van der Waals surface area contributed by atoms with Crippen LogP contribution in [0.25, 0.3) is 11.1 Å². The molecule has 0 bridgehead atoms. The normalized spacial score (nSPS) is 12.3. The fourth-order valence-electron chi connectivity index (χ4n) is 2.93. The third kappa shape index (κ3) is 4.93. The van der Waals surface area contributed by atoms with Gasteiger partial charge in [-0.25, -0.2) is 0 Å². The van der Waals surface area contributed by atoms with Gasteiger partial charge in [0.15, 0.2) is 0 Å². The number of benzene rings is 2. The summed E-state index contributed by atoms with van der Waals surface area (Å²) in [5.41, 5.74) is 5.04. The van der Waals surface area contributed by atoms with E-state index in [1.54, 1.807) is 0 Å². The lowest BCUT2D eigenvalue weighted by molar-refractivity contribution is -0.119. The Labute approximate surface area is 150 Å². The molecule has 2 aromatic carbocycles. The van der Waals surface area contributed by atoms with Gasteiger partial charge in [0, 0.05) is 13.0 Å². The highest BCUT2D eigenvalue weighted by Crippen LogP contribution is 2.29. The average molecular weight is 334 g/mol. The first-order valence-corrected chi connectivity index (χ1v) is 8.61. The zero-order chi connectivity index (χ0) is 18.6. The van der Waals surface area contributed by atoms with Crippen LogP contribution in [0.1, 0.15) is 51.3 Å². The number of hydrogen-bond donors (Lipinski definition) is 1. The summed E-state index contributed by atoms with van der Waals surface area (Å²) in [6.45, 7) is 9.97. The lowest BCUT2D eigenvalue weighted by Gasteiger charge is -2.20. The smallest absolute Gasteiger partial charge is 0.217 e. The summed E-state index contributed by atoms with van der Waals surface area (Å²) < 4.78 is 0. The molecule has 130 valence electrons. The standard InChI is InChI=1S/C22H26N2O/c1-15(24-16(2)25)12-17-6-8-18(9-7-17)21-11-10-20(22(3,4)5)13-19(21)14-23/h6-11,13,15H,12H2,1-5H3,(H,24,25). The maximum Gasteiger partial charge on any atom is 0.217 e. The lowest BCUT2D eigenvalue weighted by Crippen LogP contribution is -2.31. The first-order valence-electron chi connectivity index (χ1n) is 8.61. The van der Waals surface area contributed by atoms with Crippen molar-refractivity contribution in [1.82, 2.24) is 5.32 Å². The highest BCUT2D eigenvalue weighted by molar-refractivity contribution is 5.73. The Kier molecular flexibility index (Phi) is 5.64. The fourth-order valence-corrected chi connectivity index (χ4v) is 2.93. The molecule has 3 nitrogen and oxygen atoms in total. The monoisotopic (exact) mass is 334 g/mol. The molecule has 1 N–H and O–H groups in total. The van der Waals surface area contributed by atoms with Crippen molar-refractivity contribution >= 4 is 5.91 Å². The van der Waals surface area contributed by atoms with Gasteiger partial charge in [0.2, 0.25) is 5.91 Å². The van der Waals surface area contributed by atoms with Gasteiger partial charge in [0.25, 0.3) is 0 Å². The number of nitrogens with zero attached hydrogens (tertiary/aromatic N) is 1.